The van der Waals surface area contributed by atoms with Crippen molar-refractivity contribution in [3.8, 4) is 5.75 Å². The Morgan fingerprint density at radius 2 is 2.15 bits per heavy atom. The number of nitrogens with one attached hydrogen (secondary N) is 1. The number of furan rings is 1. The fourth-order valence-corrected chi connectivity index (χ4v) is 2.49. The van der Waals surface area contributed by atoms with Crippen molar-refractivity contribution < 1.29 is 17.9 Å². The minimum atomic E-state index is -2.82. The zero-order chi connectivity index (χ0) is 18.7. The fraction of sp³-hybridized carbons (Fsp3) is 0.133. The normalized spacial score (nSPS) is 11.6. The second kappa shape index (κ2) is 7.98. The number of ether oxygens (including phenoxy) is 1. The van der Waals surface area contributed by atoms with E-state index in [0.717, 1.165) is 4.68 Å². The number of rotatable bonds is 6. The zero-order valence-corrected chi connectivity index (χ0v) is 15.2. The number of H-pyrrole nitrogens is 1. The van der Waals surface area contributed by atoms with Crippen molar-refractivity contribution in [2.24, 2.45) is 5.10 Å². The molecule has 6 nitrogen and oxygen atoms in total. The molecule has 0 aliphatic carbocycles. The van der Waals surface area contributed by atoms with E-state index in [1.807, 2.05) is 0 Å². The summed E-state index contributed by atoms with van der Waals surface area (Å²) in [6, 6.07) is 8.29. The fourth-order valence-electron chi connectivity index (χ4n) is 1.96. The highest BCUT2D eigenvalue weighted by Gasteiger charge is 2.16. The van der Waals surface area contributed by atoms with Gasteiger partial charge in [0.1, 0.15) is 28.9 Å². The molecule has 2 aromatic heterocycles. The van der Waals surface area contributed by atoms with Crippen LogP contribution in [0.5, 0.6) is 5.75 Å². The topological polar surface area (TPSA) is 68.3 Å². The first-order chi connectivity index (χ1) is 12.5. The van der Waals surface area contributed by atoms with Gasteiger partial charge >= 0.3 is 0 Å². The van der Waals surface area contributed by atoms with Crippen molar-refractivity contribution in [2.45, 2.75) is 13.0 Å². The van der Waals surface area contributed by atoms with Gasteiger partial charge in [0.05, 0.1) is 11.2 Å². The molecule has 0 amide bonds. The van der Waals surface area contributed by atoms with Crippen LogP contribution >= 0.6 is 35.4 Å². The van der Waals surface area contributed by atoms with E-state index in [1.165, 1.54) is 6.21 Å². The second-order valence-electron chi connectivity index (χ2n) is 4.89. The molecule has 11 heteroatoms. The summed E-state index contributed by atoms with van der Waals surface area (Å²) in [4.78, 5) is 0. The molecule has 0 bridgehead atoms. The molecule has 26 heavy (non-hydrogen) atoms. The molecule has 0 spiro atoms. The lowest BCUT2D eigenvalue weighted by molar-refractivity contribution is 0.136. The molecule has 0 aliphatic heterocycles. The Balaban J connectivity index is 1.70. The van der Waals surface area contributed by atoms with Gasteiger partial charge in [-0.2, -0.15) is 14.9 Å². The molecule has 1 N–H and O–H groups in total. The van der Waals surface area contributed by atoms with Crippen molar-refractivity contribution in [1.29, 1.82) is 0 Å². The maximum absolute atomic E-state index is 12.8. The lowest BCUT2D eigenvalue weighted by Crippen LogP contribution is -1.99. The second-order valence-corrected chi connectivity index (χ2v) is 6.06. The minimum absolute atomic E-state index is 0.0535. The van der Waals surface area contributed by atoms with E-state index in [-0.39, 0.29) is 11.4 Å². The Morgan fingerprint density at radius 3 is 2.92 bits per heavy atom. The summed E-state index contributed by atoms with van der Waals surface area (Å²) in [5.74, 6) is 0.630. The quantitative estimate of drug-likeness (QED) is 0.438. The number of hydrogen-bond donors (Lipinski definition) is 1. The monoisotopic (exact) mass is 418 g/mol. The van der Waals surface area contributed by atoms with Crippen molar-refractivity contribution >= 4 is 41.6 Å². The van der Waals surface area contributed by atoms with Crippen molar-refractivity contribution in [3.63, 3.8) is 0 Å². The predicted molar refractivity (Wildman–Crippen MR) is 94.9 cm³/mol. The maximum atomic E-state index is 12.8. The third-order valence-corrected chi connectivity index (χ3v) is 4.21. The van der Waals surface area contributed by atoms with E-state index in [0.29, 0.717) is 27.3 Å². The summed E-state index contributed by atoms with van der Waals surface area (Å²) in [7, 11) is 0. The van der Waals surface area contributed by atoms with Gasteiger partial charge in [-0.1, -0.05) is 29.3 Å². The van der Waals surface area contributed by atoms with Gasteiger partial charge in [0.25, 0.3) is 6.43 Å². The van der Waals surface area contributed by atoms with E-state index in [2.05, 4.69) is 15.3 Å². The van der Waals surface area contributed by atoms with Crippen LogP contribution < -0.4 is 4.74 Å². The van der Waals surface area contributed by atoms with Gasteiger partial charge in [-0.25, -0.2) is 13.9 Å². The largest absolute Gasteiger partial charge is 0.484 e. The van der Waals surface area contributed by atoms with E-state index >= 15 is 0 Å². The van der Waals surface area contributed by atoms with E-state index < -0.39 is 12.2 Å². The molecule has 0 fully saturated rings. The van der Waals surface area contributed by atoms with Crippen LogP contribution in [-0.4, -0.2) is 21.1 Å². The molecule has 1 aromatic carbocycles. The maximum Gasteiger partial charge on any atom is 0.299 e. The van der Waals surface area contributed by atoms with Gasteiger partial charge in [0.2, 0.25) is 10.6 Å². The number of benzene rings is 1. The van der Waals surface area contributed by atoms with Crippen LogP contribution in [0.25, 0.3) is 0 Å². The standard InChI is InChI=1S/C15H10Cl2F2N4O2S/c16-10-2-1-3-11(12(10)17)24-7-9-5-4-8(25-9)6-20-23-14(13(18)19)21-22-15(23)26/h1-6,13H,7H2,(H,22,26)/b20-6+. The minimum Gasteiger partial charge on any atom is -0.484 e. The molecular weight excluding hydrogens is 409 g/mol. The molecule has 0 radical (unpaired) electrons. The molecule has 0 saturated carbocycles. The van der Waals surface area contributed by atoms with Crippen molar-refractivity contribution in [2.75, 3.05) is 0 Å². The van der Waals surface area contributed by atoms with E-state index in [1.54, 1.807) is 30.3 Å². The number of hydrogen-bond acceptors (Lipinski definition) is 5. The molecule has 3 aromatic rings. The predicted octanol–water partition coefficient (Wildman–Crippen LogP) is 5.24. The Bertz CT molecular complexity index is 1000. The first kappa shape index (κ1) is 18.6. The van der Waals surface area contributed by atoms with Gasteiger partial charge in [0, 0.05) is 0 Å². The summed E-state index contributed by atoms with van der Waals surface area (Å²) in [5, 5.41) is 10.2. The summed E-state index contributed by atoms with van der Waals surface area (Å²) in [6.45, 7) is 0.0985. The summed E-state index contributed by atoms with van der Waals surface area (Å²) >= 11 is 16.8. The Hall–Kier alpha value is -2.23. The van der Waals surface area contributed by atoms with Crippen LogP contribution in [0.2, 0.25) is 10.0 Å². The molecular formula is C15H10Cl2F2N4O2S. The van der Waals surface area contributed by atoms with Crippen LogP contribution in [0.15, 0.2) is 39.9 Å². The highest BCUT2D eigenvalue weighted by atomic mass is 35.5. The van der Waals surface area contributed by atoms with Crippen molar-refractivity contribution in [3.05, 3.63) is 62.5 Å². The Morgan fingerprint density at radius 1 is 1.35 bits per heavy atom. The third kappa shape index (κ3) is 4.12. The molecule has 2 heterocycles. The Labute approximate surface area is 161 Å². The SMILES string of the molecule is FC(F)c1n[nH]c(=S)n1/N=C/c1ccc(COc2cccc(Cl)c2Cl)o1. The molecule has 0 atom stereocenters. The number of alkyl halides is 2. The van der Waals surface area contributed by atoms with Crippen LogP contribution in [0.3, 0.4) is 0 Å². The number of aromatic nitrogens is 3. The van der Waals surface area contributed by atoms with E-state index in [4.69, 9.17) is 44.6 Å². The van der Waals surface area contributed by atoms with Gasteiger partial charge in [-0.3, -0.25) is 0 Å². The third-order valence-electron chi connectivity index (χ3n) is 3.14. The van der Waals surface area contributed by atoms with E-state index in [9.17, 15) is 8.78 Å². The molecule has 0 unspecified atom stereocenters. The van der Waals surface area contributed by atoms with Gasteiger partial charge in [-0.15, -0.1) is 0 Å². The number of aromatic amines is 1. The van der Waals surface area contributed by atoms with Crippen LogP contribution in [0, 0.1) is 4.77 Å². The summed E-state index contributed by atoms with van der Waals surface area (Å²) in [5.41, 5.74) is 0. The lowest BCUT2D eigenvalue weighted by Gasteiger charge is -2.06. The lowest BCUT2D eigenvalue weighted by atomic mass is 10.3. The first-order valence-electron chi connectivity index (χ1n) is 7.11. The average Bonchev–Trinajstić information content (AvgIpc) is 3.21. The molecule has 3 rings (SSSR count). The molecule has 0 aliphatic rings. The van der Waals surface area contributed by atoms with Gasteiger partial charge in [0.15, 0.2) is 0 Å². The highest BCUT2D eigenvalue weighted by Crippen LogP contribution is 2.32. The molecule has 0 saturated heterocycles. The summed E-state index contributed by atoms with van der Waals surface area (Å²) in [6.07, 6.45) is -1.57. The number of halogens is 4. The average molecular weight is 419 g/mol. The van der Waals surface area contributed by atoms with Gasteiger partial charge < -0.3 is 9.15 Å². The van der Waals surface area contributed by atoms with Crippen molar-refractivity contribution in [1.82, 2.24) is 14.9 Å². The zero-order valence-electron chi connectivity index (χ0n) is 12.8. The van der Waals surface area contributed by atoms with Crippen LogP contribution in [0.4, 0.5) is 8.78 Å². The smallest absolute Gasteiger partial charge is 0.299 e. The summed E-state index contributed by atoms with van der Waals surface area (Å²) < 4.78 is 37.4. The van der Waals surface area contributed by atoms with Crippen LogP contribution in [-0.2, 0) is 6.61 Å². The van der Waals surface area contributed by atoms with Gasteiger partial charge in [-0.05, 0) is 36.5 Å². The highest BCUT2D eigenvalue weighted by molar-refractivity contribution is 7.71. The Kier molecular flexibility index (Phi) is 5.70. The van der Waals surface area contributed by atoms with Crippen LogP contribution in [0.1, 0.15) is 23.8 Å². The number of nitrogens with zero attached hydrogens (tertiary/aromatic N) is 3. The molecule has 136 valence electrons. The first-order valence-corrected chi connectivity index (χ1v) is 8.27.